The summed E-state index contributed by atoms with van der Waals surface area (Å²) in [5.74, 6) is 3.07. The van der Waals surface area contributed by atoms with E-state index in [-0.39, 0.29) is 0 Å². The monoisotopic (exact) mass is 428 g/mol. The number of aliphatic hydroxyl groups is 1. The first-order valence-electron chi connectivity index (χ1n) is 11.6. The highest BCUT2D eigenvalue weighted by Gasteiger charge is 2.26. The van der Waals surface area contributed by atoms with Gasteiger partial charge in [0.2, 0.25) is 6.79 Å². The molecule has 2 heterocycles. The summed E-state index contributed by atoms with van der Waals surface area (Å²) in [5.41, 5.74) is 2.52. The molecule has 31 heavy (non-hydrogen) atoms. The van der Waals surface area contributed by atoms with Gasteiger partial charge in [-0.3, -0.25) is 0 Å². The van der Waals surface area contributed by atoms with Gasteiger partial charge in [-0.15, -0.1) is 0 Å². The second kappa shape index (κ2) is 10.4. The van der Waals surface area contributed by atoms with Gasteiger partial charge in [-0.1, -0.05) is 32.0 Å². The minimum atomic E-state index is -0.449. The molecule has 4 rings (SSSR count). The van der Waals surface area contributed by atoms with Crippen molar-refractivity contribution in [2.75, 3.05) is 46.1 Å². The zero-order valence-corrected chi connectivity index (χ0v) is 18.7. The molecule has 0 saturated carbocycles. The van der Waals surface area contributed by atoms with Crippen LogP contribution in [0, 0.1) is 0 Å². The van der Waals surface area contributed by atoms with E-state index in [1.54, 1.807) is 4.90 Å². The van der Waals surface area contributed by atoms with Gasteiger partial charge in [0, 0.05) is 5.56 Å². The molecule has 168 valence electrons. The van der Waals surface area contributed by atoms with E-state index in [0.29, 0.717) is 19.3 Å². The van der Waals surface area contributed by atoms with Gasteiger partial charge >= 0.3 is 0 Å². The Hall–Kier alpha value is -2.28. The Morgan fingerprint density at radius 2 is 1.74 bits per heavy atom. The summed E-state index contributed by atoms with van der Waals surface area (Å²) in [6.45, 7) is 11.2. The lowest BCUT2D eigenvalue weighted by Gasteiger charge is -2.31. The minimum absolute atomic E-state index is 0.322. The summed E-state index contributed by atoms with van der Waals surface area (Å²) in [5, 5.41) is 10.6. The molecule has 1 saturated heterocycles. The van der Waals surface area contributed by atoms with Crippen LogP contribution in [0.3, 0.4) is 0 Å². The van der Waals surface area contributed by atoms with E-state index in [0.717, 1.165) is 62.9 Å². The van der Waals surface area contributed by atoms with Gasteiger partial charge in [-0.2, -0.15) is 0 Å². The van der Waals surface area contributed by atoms with Crippen LogP contribution < -0.4 is 24.0 Å². The molecule has 6 heteroatoms. The van der Waals surface area contributed by atoms with Crippen LogP contribution in [0.1, 0.15) is 37.3 Å². The zero-order valence-electron chi connectivity index (χ0n) is 18.7. The standard InChI is InChI=1S/C25H34N2O4/c1-3-19(2)22-6-4-5-7-23(22)29-17-21(28)16-27-12-10-26(11-13-27)15-20-8-9-24-25(14-20)31-18-30-24/h4-9,14,19,21,28H,3,10-13,15-18H2,1-2H3/p+2/t19-,21-/m0/s1. The Balaban J connectivity index is 1.20. The molecule has 2 aliphatic rings. The average Bonchev–Trinajstić information content (AvgIpc) is 3.26. The SMILES string of the molecule is CC[C@H](C)c1ccccc1OC[C@@H](O)C[NH+]1CC[NH+](Cc2ccc3c(c2)OCO3)CC1. The Morgan fingerprint density at radius 3 is 2.55 bits per heavy atom. The Morgan fingerprint density at radius 1 is 1.00 bits per heavy atom. The molecular formula is C25H36N2O4+2. The second-order valence-corrected chi connectivity index (χ2v) is 8.88. The van der Waals surface area contributed by atoms with Gasteiger partial charge in [0.1, 0.15) is 57.7 Å². The molecule has 0 unspecified atom stereocenters. The van der Waals surface area contributed by atoms with E-state index in [1.165, 1.54) is 16.0 Å². The quantitative estimate of drug-likeness (QED) is 0.549. The summed E-state index contributed by atoms with van der Waals surface area (Å²) >= 11 is 0. The molecule has 0 aliphatic carbocycles. The van der Waals surface area contributed by atoms with Gasteiger partial charge in [-0.25, -0.2) is 0 Å². The molecular weight excluding hydrogens is 392 g/mol. The van der Waals surface area contributed by atoms with Crippen molar-refractivity contribution in [3.05, 3.63) is 53.6 Å². The summed E-state index contributed by atoms with van der Waals surface area (Å²) in [6, 6.07) is 14.4. The molecule has 2 aromatic carbocycles. The molecule has 0 spiro atoms. The minimum Gasteiger partial charge on any atom is -0.490 e. The third-order valence-corrected chi connectivity index (χ3v) is 6.57. The molecule has 1 fully saturated rings. The van der Waals surface area contributed by atoms with E-state index in [1.807, 2.05) is 18.2 Å². The number of benzene rings is 2. The van der Waals surface area contributed by atoms with Gasteiger partial charge in [-0.05, 0) is 42.2 Å². The fourth-order valence-corrected chi connectivity index (χ4v) is 4.49. The van der Waals surface area contributed by atoms with Crippen LogP contribution in [0.2, 0.25) is 0 Å². The number of hydrogen-bond donors (Lipinski definition) is 3. The maximum absolute atomic E-state index is 10.6. The molecule has 6 nitrogen and oxygen atoms in total. The van der Waals surface area contributed by atoms with E-state index in [9.17, 15) is 5.11 Å². The van der Waals surface area contributed by atoms with Gasteiger partial charge in [0.05, 0.1) is 0 Å². The second-order valence-electron chi connectivity index (χ2n) is 8.88. The van der Waals surface area contributed by atoms with Crippen molar-refractivity contribution in [2.24, 2.45) is 0 Å². The maximum atomic E-state index is 10.6. The van der Waals surface area contributed by atoms with E-state index in [2.05, 4.69) is 38.1 Å². The van der Waals surface area contributed by atoms with E-state index in [4.69, 9.17) is 14.2 Å². The topological polar surface area (TPSA) is 56.8 Å². The normalized spacial score (nSPS) is 22.2. The van der Waals surface area contributed by atoms with Gasteiger partial charge in [0.15, 0.2) is 11.5 Å². The van der Waals surface area contributed by atoms with Crippen LogP contribution in [0.4, 0.5) is 0 Å². The van der Waals surface area contributed by atoms with E-state index < -0.39 is 6.10 Å². The van der Waals surface area contributed by atoms with Gasteiger partial charge in [0.25, 0.3) is 0 Å². The van der Waals surface area contributed by atoms with Crippen LogP contribution in [-0.4, -0.2) is 57.3 Å². The largest absolute Gasteiger partial charge is 0.490 e. The maximum Gasteiger partial charge on any atom is 0.231 e. The number of ether oxygens (including phenoxy) is 3. The number of quaternary nitrogens is 2. The Kier molecular flexibility index (Phi) is 7.33. The molecule has 0 aromatic heterocycles. The smallest absolute Gasteiger partial charge is 0.231 e. The Bertz CT molecular complexity index is 851. The highest BCUT2D eigenvalue weighted by atomic mass is 16.7. The van der Waals surface area contributed by atoms with Crippen LogP contribution in [-0.2, 0) is 6.54 Å². The fraction of sp³-hybridized carbons (Fsp3) is 0.520. The lowest BCUT2D eigenvalue weighted by Crippen LogP contribution is -3.28. The third-order valence-electron chi connectivity index (χ3n) is 6.57. The van der Waals surface area contributed by atoms with Crippen molar-refractivity contribution >= 4 is 0 Å². The van der Waals surface area contributed by atoms with Crippen LogP contribution in [0.15, 0.2) is 42.5 Å². The molecule has 2 aliphatic heterocycles. The number of rotatable bonds is 9. The molecule has 0 radical (unpaired) electrons. The Labute approximate surface area is 185 Å². The zero-order chi connectivity index (χ0) is 21.6. The number of fused-ring (bicyclic) bond motifs is 1. The summed E-state index contributed by atoms with van der Waals surface area (Å²) < 4.78 is 16.9. The number of aliphatic hydroxyl groups excluding tert-OH is 1. The van der Waals surface area contributed by atoms with E-state index >= 15 is 0 Å². The lowest BCUT2D eigenvalue weighted by atomic mass is 9.98. The number of para-hydroxylation sites is 1. The first kappa shape index (κ1) is 21.9. The number of piperazine rings is 1. The van der Waals surface area contributed by atoms with Crippen molar-refractivity contribution in [3.63, 3.8) is 0 Å². The third kappa shape index (κ3) is 5.70. The highest BCUT2D eigenvalue weighted by molar-refractivity contribution is 5.44. The summed E-state index contributed by atoms with van der Waals surface area (Å²) in [7, 11) is 0. The number of nitrogens with one attached hydrogen (secondary N) is 2. The molecule has 0 amide bonds. The van der Waals surface area contributed by atoms with Crippen LogP contribution in [0.5, 0.6) is 17.2 Å². The predicted octanol–water partition coefficient (Wildman–Crippen LogP) is 0.652. The lowest BCUT2D eigenvalue weighted by molar-refractivity contribution is -1.02. The van der Waals surface area contributed by atoms with Crippen LogP contribution in [0.25, 0.3) is 0 Å². The summed E-state index contributed by atoms with van der Waals surface area (Å²) in [6.07, 6.45) is 0.627. The summed E-state index contributed by atoms with van der Waals surface area (Å²) in [4.78, 5) is 3.04. The van der Waals surface area contributed by atoms with Crippen molar-refractivity contribution in [1.29, 1.82) is 0 Å². The van der Waals surface area contributed by atoms with Crippen molar-refractivity contribution in [3.8, 4) is 17.2 Å². The molecule has 2 atom stereocenters. The first-order chi connectivity index (χ1) is 15.1. The first-order valence-corrected chi connectivity index (χ1v) is 11.6. The molecule has 0 bridgehead atoms. The van der Waals surface area contributed by atoms with Crippen molar-refractivity contribution < 1.29 is 29.1 Å². The predicted molar refractivity (Wildman–Crippen MR) is 119 cm³/mol. The van der Waals surface area contributed by atoms with Gasteiger partial charge < -0.3 is 29.1 Å². The van der Waals surface area contributed by atoms with Crippen molar-refractivity contribution in [2.45, 2.75) is 38.8 Å². The number of hydrogen-bond acceptors (Lipinski definition) is 4. The fourth-order valence-electron chi connectivity index (χ4n) is 4.49. The van der Waals surface area contributed by atoms with Crippen LogP contribution >= 0.6 is 0 Å². The van der Waals surface area contributed by atoms with Crippen molar-refractivity contribution in [1.82, 2.24) is 0 Å². The molecule has 3 N–H and O–H groups in total. The highest BCUT2D eigenvalue weighted by Crippen LogP contribution is 2.32. The molecule has 2 aromatic rings. The average molecular weight is 429 g/mol.